The van der Waals surface area contributed by atoms with Crippen molar-refractivity contribution < 1.29 is 14.3 Å². The lowest BCUT2D eigenvalue weighted by molar-refractivity contribution is -0.140. The van der Waals surface area contributed by atoms with Crippen LogP contribution in [0.2, 0.25) is 0 Å². The van der Waals surface area contributed by atoms with E-state index in [1.807, 2.05) is 18.7 Å². The van der Waals surface area contributed by atoms with Gasteiger partial charge in [-0.1, -0.05) is 0 Å². The van der Waals surface area contributed by atoms with Crippen LogP contribution in [0.5, 0.6) is 0 Å². The van der Waals surface area contributed by atoms with Crippen LogP contribution < -0.4 is 5.32 Å². The maximum Gasteiger partial charge on any atom is 0.242 e. The van der Waals surface area contributed by atoms with Crippen LogP contribution in [0.4, 0.5) is 0 Å². The Hall–Kier alpha value is -0.650. The topological polar surface area (TPSA) is 50.8 Å². The standard InChI is InChI=1S/C12H24N2O3/c1-12(2)11(15)14(7-5-13-12)6-4-8-17-10-9-16-3/h13H,4-10H2,1-3H3. The summed E-state index contributed by atoms with van der Waals surface area (Å²) < 4.78 is 10.3. The van der Waals surface area contributed by atoms with Gasteiger partial charge in [-0.15, -0.1) is 0 Å². The number of ether oxygens (including phenoxy) is 2. The molecule has 0 saturated carbocycles. The molecule has 0 aromatic rings. The van der Waals surface area contributed by atoms with Crippen LogP contribution in [0.25, 0.3) is 0 Å². The molecule has 0 aromatic carbocycles. The Bertz CT molecular complexity index is 244. The molecule has 1 rings (SSSR count). The molecule has 0 aromatic heterocycles. The number of amides is 1. The SMILES string of the molecule is COCCOCCCN1CCNC(C)(C)C1=O. The number of nitrogens with one attached hydrogen (secondary N) is 1. The van der Waals surface area contributed by atoms with Crippen molar-refractivity contribution in [2.75, 3.05) is 46.6 Å². The summed E-state index contributed by atoms with van der Waals surface area (Å²) in [6.45, 7) is 8.21. The third-order valence-electron chi connectivity index (χ3n) is 2.92. The van der Waals surface area contributed by atoms with Crippen molar-refractivity contribution in [2.24, 2.45) is 0 Å². The summed E-state index contributed by atoms with van der Waals surface area (Å²) in [6.07, 6.45) is 0.880. The van der Waals surface area contributed by atoms with Gasteiger partial charge in [0.1, 0.15) is 0 Å². The van der Waals surface area contributed by atoms with Crippen LogP contribution >= 0.6 is 0 Å². The summed E-state index contributed by atoms with van der Waals surface area (Å²) in [5.74, 6) is 0.181. The predicted molar refractivity (Wildman–Crippen MR) is 66.0 cm³/mol. The Morgan fingerprint density at radius 3 is 2.82 bits per heavy atom. The van der Waals surface area contributed by atoms with Crippen molar-refractivity contribution in [1.29, 1.82) is 0 Å². The van der Waals surface area contributed by atoms with E-state index in [1.54, 1.807) is 7.11 Å². The number of hydrogen-bond acceptors (Lipinski definition) is 4. The molecule has 0 spiro atoms. The summed E-state index contributed by atoms with van der Waals surface area (Å²) in [4.78, 5) is 13.9. The number of methoxy groups -OCH3 is 1. The Morgan fingerprint density at radius 1 is 1.35 bits per heavy atom. The van der Waals surface area contributed by atoms with Crippen molar-refractivity contribution >= 4 is 5.91 Å². The molecule has 1 saturated heterocycles. The molecule has 5 nitrogen and oxygen atoms in total. The van der Waals surface area contributed by atoms with Gasteiger partial charge in [0, 0.05) is 33.4 Å². The average Bonchev–Trinajstić information content (AvgIpc) is 2.29. The second kappa shape index (κ2) is 6.93. The van der Waals surface area contributed by atoms with Gasteiger partial charge in [-0.05, 0) is 20.3 Å². The Kier molecular flexibility index (Phi) is 5.88. The lowest BCUT2D eigenvalue weighted by Gasteiger charge is -2.38. The predicted octanol–water partition coefficient (Wildman–Crippen LogP) is 0.250. The minimum atomic E-state index is -0.421. The lowest BCUT2D eigenvalue weighted by atomic mass is 10.0. The molecule has 0 aliphatic carbocycles. The first-order valence-electron chi connectivity index (χ1n) is 6.19. The van der Waals surface area contributed by atoms with Gasteiger partial charge in [-0.25, -0.2) is 0 Å². The van der Waals surface area contributed by atoms with E-state index in [9.17, 15) is 4.79 Å². The molecule has 0 unspecified atom stereocenters. The lowest BCUT2D eigenvalue weighted by Crippen LogP contribution is -2.61. The van der Waals surface area contributed by atoms with Gasteiger partial charge in [-0.3, -0.25) is 4.79 Å². The molecule has 100 valence electrons. The van der Waals surface area contributed by atoms with Gasteiger partial charge in [0.15, 0.2) is 0 Å². The van der Waals surface area contributed by atoms with Gasteiger partial charge in [0.25, 0.3) is 0 Å². The van der Waals surface area contributed by atoms with Crippen molar-refractivity contribution in [3.05, 3.63) is 0 Å². The van der Waals surface area contributed by atoms with E-state index in [0.717, 1.165) is 26.1 Å². The van der Waals surface area contributed by atoms with Crippen LogP contribution in [-0.2, 0) is 14.3 Å². The molecule has 5 heteroatoms. The van der Waals surface area contributed by atoms with E-state index in [1.165, 1.54) is 0 Å². The maximum absolute atomic E-state index is 12.0. The van der Waals surface area contributed by atoms with E-state index in [4.69, 9.17) is 9.47 Å². The smallest absolute Gasteiger partial charge is 0.242 e. The van der Waals surface area contributed by atoms with Gasteiger partial charge >= 0.3 is 0 Å². The van der Waals surface area contributed by atoms with Crippen LogP contribution in [0.3, 0.4) is 0 Å². The molecule has 1 aliphatic heterocycles. The van der Waals surface area contributed by atoms with Gasteiger partial charge in [0.05, 0.1) is 18.8 Å². The first-order valence-corrected chi connectivity index (χ1v) is 6.19. The van der Waals surface area contributed by atoms with Crippen molar-refractivity contribution in [1.82, 2.24) is 10.2 Å². The van der Waals surface area contributed by atoms with Gasteiger partial charge in [-0.2, -0.15) is 0 Å². The fourth-order valence-corrected chi connectivity index (χ4v) is 1.89. The highest BCUT2D eigenvalue weighted by Crippen LogP contribution is 2.12. The van der Waals surface area contributed by atoms with Crippen LogP contribution in [0, 0.1) is 0 Å². The van der Waals surface area contributed by atoms with E-state index in [-0.39, 0.29) is 5.91 Å². The van der Waals surface area contributed by atoms with E-state index in [0.29, 0.717) is 19.8 Å². The van der Waals surface area contributed by atoms with Crippen LogP contribution in [0.15, 0.2) is 0 Å². The Labute approximate surface area is 103 Å². The highest BCUT2D eigenvalue weighted by molar-refractivity contribution is 5.86. The molecule has 0 radical (unpaired) electrons. The van der Waals surface area contributed by atoms with Crippen LogP contribution in [-0.4, -0.2) is 62.9 Å². The largest absolute Gasteiger partial charge is 0.382 e. The molecule has 1 amide bonds. The monoisotopic (exact) mass is 244 g/mol. The van der Waals surface area contributed by atoms with E-state index < -0.39 is 5.54 Å². The molecule has 0 atom stereocenters. The zero-order chi connectivity index (χ0) is 12.7. The summed E-state index contributed by atoms with van der Waals surface area (Å²) >= 11 is 0. The molecular weight excluding hydrogens is 220 g/mol. The highest BCUT2D eigenvalue weighted by atomic mass is 16.5. The van der Waals surface area contributed by atoms with E-state index in [2.05, 4.69) is 5.32 Å². The van der Waals surface area contributed by atoms with Crippen LogP contribution in [0.1, 0.15) is 20.3 Å². The number of nitrogens with zero attached hydrogens (tertiary/aromatic N) is 1. The quantitative estimate of drug-likeness (QED) is 0.652. The maximum atomic E-state index is 12.0. The summed E-state index contributed by atoms with van der Waals surface area (Å²) in [6, 6.07) is 0. The van der Waals surface area contributed by atoms with Crippen molar-refractivity contribution in [3.8, 4) is 0 Å². The number of hydrogen-bond donors (Lipinski definition) is 1. The second-order valence-corrected chi connectivity index (χ2v) is 4.80. The molecular formula is C12H24N2O3. The summed E-state index contributed by atoms with van der Waals surface area (Å²) in [7, 11) is 1.66. The second-order valence-electron chi connectivity index (χ2n) is 4.80. The molecule has 1 aliphatic rings. The number of piperazine rings is 1. The van der Waals surface area contributed by atoms with Gasteiger partial charge in [0.2, 0.25) is 5.91 Å². The van der Waals surface area contributed by atoms with Crippen molar-refractivity contribution in [3.63, 3.8) is 0 Å². The Balaban J connectivity index is 2.16. The molecule has 1 heterocycles. The molecule has 0 bridgehead atoms. The zero-order valence-corrected chi connectivity index (χ0v) is 11.1. The molecule has 17 heavy (non-hydrogen) atoms. The minimum absolute atomic E-state index is 0.181. The molecule has 1 fully saturated rings. The first kappa shape index (κ1) is 14.4. The fourth-order valence-electron chi connectivity index (χ4n) is 1.89. The zero-order valence-electron chi connectivity index (χ0n) is 11.1. The molecule has 1 N–H and O–H groups in total. The highest BCUT2D eigenvalue weighted by Gasteiger charge is 2.34. The van der Waals surface area contributed by atoms with Gasteiger partial charge < -0.3 is 19.7 Å². The average molecular weight is 244 g/mol. The summed E-state index contributed by atoms with van der Waals surface area (Å²) in [5, 5.41) is 3.22. The normalized spacial score (nSPS) is 19.7. The minimum Gasteiger partial charge on any atom is -0.382 e. The number of rotatable bonds is 7. The first-order chi connectivity index (χ1) is 8.08. The Morgan fingerprint density at radius 2 is 2.12 bits per heavy atom. The van der Waals surface area contributed by atoms with Crippen molar-refractivity contribution in [2.45, 2.75) is 25.8 Å². The third-order valence-corrected chi connectivity index (χ3v) is 2.92. The third kappa shape index (κ3) is 4.61. The number of carbonyl (C=O) groups is 1. The van der Waals surface area contributed by atoms with E-state index >= 15 is 0 Å². The summed E-state index contributed by atoms with van der Waals surface area (Å²) in [5.41, 5.74) is -0.421. The fraction of sp³-hybridized carbons (Fsp3) is 0.917. The number of carbonyl (C=O) groups excluding carboxylic acids is 1.